The molecule has 0 amide bonds. The highest BCUT2D eigenvalue weighted by molar-refractivity contribution is 6.31. The first-order valence-corrected chi connectivity index (χ1v) is 5.57. The highest BCUT2D eigenvalue weighted by Gasteiger charge is 2.04. The molecule has 17 heavy (non-hydrogen) atoms. The van der Waals surface area contributed by atoms with Crippen molar-refractivity contribution in [3.05, 3.63) is 58.9 Å². The summed E-state index contributed by atoms with van der Waals surface area (Å²) in [4.78, 5) is 3.98. The third-order valence-electron chi connectivity index (χ3n) is 2.41. The summed E-state index contributed by atoms with van der Waals surface area (Å²) in [5, 5.41) is 11.6. The van der Waals surface area contributed by atoms with Crippen LogP contribution in [-0.4, -0.2) is 10.8 Å². The molecule has 3 nitrogen and oxygen atoms in total. The fourth-order valence-corrected chi connectivity index (χ4v) is 1.62. The normalized spacial score (nSPS) is 10.0. The Labute approximate surface area is 105 Å². The maximum absolute atomic E-state index is 7.94. The standard InChI is InChI=1S/C13H12ClN3/c1-9-4-5-11(14)7-12(9)17-13(15)10-3-2-6-16-8-10/h2-8H,1H3,(H2,15,17). The molecule has 1 heterocycles. The quantitative estimate of drug-likeness (QED) is 0.629. The zero-order chi connectivity index (χ0) is 12.3. The van der Waals surface area contributed by atoms with E-state index in [1.54, 1.807) is 18.5 Å². The van der Waals surface area contributed by atoms with Gasteiger partial charge in [-0.25, -0.2) is 0 Å². The number of anilines is 1. The minimum atomic E-state index is 0.309. The number of hydrogen-bond donors (Lipinski definition) is 2. The van der Waals surface area contributed by atoms with Gasteiger partial charge in [-0.3, -0.25) is 10.4 Å². The van der Waals surface area contributed by atoms with E-state index in [4.69, 9.17) is 17.0 Å². The fourth-order valence-electron chi connectivity index (χ4n) is 1.45. The lowest BCUT2D eigenvalue weighted by Gasteiger charge is -2.10. The Kier molecular flexibility index (Phi) is 3.40. The number of hydrogen-bond acceptors (Lipinski definition) is 2. The lowest BCUT2D eigenvalue weighted by molar-refractivity contribution is 1.30. The highest BCUT2D eigenvalue weighted by atomic mass is 35.5. The van der Waals surface area contributed by atoms with Crippen LogP contribution in [0.3, 0.4) is 0 Å². The molecule has 2 N–H and O–H groups in total. The lowest BCUT2D eigenvalue weighted by atomic mass is 10.2. The van der Waals surface area contributed by atoms with Gasteiger partial charge in [-0.1, -0.05) is 17.7 Å². The number of halogens is 1. The zero-order valence-electron chi connectivity index (χ0n) is 9.37. The number of rotatable bonds is 2. The van der Waals surface area contributed by atoms with Gasteiger partial charge < -0.3 is 5.32 Å². The third-order valence-corrected chi connectivity index (χ3v) is 2.64. The largest absolute Gasteiger partial charge is 0.340 e. The molecule has 0 saturated heterocycles. The van der Waals surface area contributed by atoms with Gasteiger partial charge >= 0.3 is 0 Å². The minimum Gasteiger partial charge on any atom is -0.340 e. The van der Waals surface area contributed by atoms with Crippen molar-refractivity contribution in [3.8, 4) is 0 Å². The van der Waals surface area contributed by atoms with Crippen molar-refractivity contribution in [2.24, 2.45) is 0 Å². The van der Waals surface area contributed by atoms with Gasteiger partial charge in [0.2, 0.25) is 0 Å². The Morgan fingerprint density at radius 2 is 2.18 bits per heavy atom. The summed E-state index contributed by atoms with van der Waals surface area (Å²) in [6.45, 7) is 1.97. The summed E-state index contributed by atoms with van der Waals surface area (Å²) >= 11 is 5.92. The second kappa shape index (κ2) is 4.97. The van der Waals surface area contributed by atoms with Crippen LogP contribution >= 0.6 is 11.6 Å². The maximum atomic E-state index is 7.94. The summed E-state index contributed by atoms with van der Waals surface area (Å²) in [6.07, 6.45) is 3.33. The SMILES string of the molecule is Cc1ccc(Cl)cc1NC(=N)c1cccnc1. The van der Waals surface area contributed by atoms with E-state index >= 15 is 0 Å². The smallest absolute Gasteiger partial charge is 0.131 e. The molecular weight excluding hydrogens is 234 g/mol. The van der Waals surface area contributed by atoms with Gasteiger partial charge in [-0.15, -0.1) is 0 Å². The molecule has 0 fully saturated rings. The number of amidine groups is 1. The van der Waals surface area contributed by atoms with Gasteiger partial charge in [0, 0.05) is 28.7 Å². The van der Waals surface area contributed by atoms with E-state index in [9.17, 15) is 0 Å². The van der Waals surface area contributed by atoms with Crippen LogP contribution < -0.4 is 5.32 Å². The highest BCUT2D eigenvalue weighted by Crippen LogP contribution is 2.20. The van der Waals surface area contributed by atoms with Gasteiger partial charge in [0.05, 0.1) is 0 Å². The number of nitrogens with zero attached hydrogens (tertiary/aromatic N) is 1. The molecule has 0 aliphatic carbocycles. The van der Waals surface area contributed by atoms with Crippen molar-refractivity contribution in [1.82, 2.24) is 4.98 Å². The van der Waals surface area contributed by atoms with E-state index < -0.39 is 0 Å². The maximum Gasteiger partial charge on any atom is 0.131 e. The van der Waals surface area contributed by atoms with Crippen molar-refractivity contribution >= 4 is 23.1 Å². The van der Waals surface area contributed by atoms with Gasteiger partial charge in [0.15, 0.2) is 0 Å². The number of pyridine rings is 1. The van der Waals surface area contributed by atoms with Crippen LogP contribution in [0.1, 0.15) is 11.1 Å². The summed E-state index contributed by atoms with van der Waals surface area (Å²) in [6, 6.07) is 9.19. The molecule has 0 aliphatic rings. The van der Waals surface area contributed by atoms with Crippen LogP contribution in [0, 0.1) is 12.3 Å². The summed E-state index contributed by atoms with van der Waals surface area (Å²) in [5.41, 5.74) is 2.63. The Morgan fingerprint density at radius 3 is 2.88 bits per heavy atom. The molecule has 0 saturated carbocycles. The summed E-state index contributed by atoms with van der Waals surface area (Å²) in [7, 11) is 0. The van der Waals surface area contributed by atoms with Crippen LogP contribution in [0.25, 0.3) is 0 Å². The average Bonchev–Trinajstić information content (AvgIpc) is 2.35. The Morgan fingerprint density at radius 1 is 1.35 bits per heavy atom. The number of aromatic nitrogens is 1. The van der Waals surface area contributed by atoms with Crippen LogP contribution in [0.4, 0.5) is 5.69 Å². The monoisotopic (exact) mass is 245 g/mol. The first-order chi connectivity index (χ1) is 8.16. The molecule has 0 radical (unpaired) electrons. The van der Waals surface area contributed by atoms with E-state index in [0.29, 0.717) is 10.9 Å². The van der Waals surface area contributed by atoms with Gasteiger partial charge in [0.25, 0.3) is 0 Å². The van der Waals surface area contributed by atoms with Crippen molar-refractivity contribution in [2.75, 3.05) is 5.32 Å². The third kappa shape index (κ3) is 2.82. The molecule has 0 atom stereocenters. The molecule has 2 aromatic rings. The summed E-state index contributed by atoms with van der Waals surface area (Å²) in [5.74, 6) is 0.309. The average molecular weight is 246 g/mol. The Bertz CT molecular complexity index is 538. The topological polar surface area (TPSA) is 48.8 Å². The van der Waals surface area contributed by atoms with Gasteiger partial charge in [-0.2, -0.15) is 0 Å². The second-order valence-corrected chi connectivity index (χ2v) is 4.14. The predicted molar refractivity (Wildman–Crippen MR) is 70.9 cm³/mol. The van der Waals surface area contributed by atoms with Crippen molar-refractivity contribution in [1.29, 1.82) is 5.41 Å². The van der Waals surface area contributed by atoms with Gasteiger partial charge in [-0.05, 0) is 36.8 Å². The van der Waals surface area contributed by atoms with Crippen molar-refractivity contribution in [3.63, 3.8) is 0 Å². The molecule has 0 bridgehead atoms. The van der Waals surface area contributed by atoms with Crippen LogP contribution in [-0.2, 0) is 0 Å². The zero-order valence-corrected chi connectivity index (χ0v) is 10.1. The summed E-state index contributed by atoms with van der Waals surface area (Å²) < 4.78 is 0. The van der Waals surface area contributed by atoms with Crippen LogP contribution in [0.5, 0.6) is 0 Å². The van der Waals surface area contributed by atoms with E-state index in [-0.39, 0.29) is 0 Å². The number of benzene rings is 1. The van der Waals surface area contributed by atoms with Crippen LogP contribution in [0.15, 0.2) is 42.7 Å². The van der Waals surface area contributed by atoms with Crippen molar-refractivity contribution < 1.29 is 0 Å². The van der Waals surface area contributed by atoms with E-state index in [0.717, 1.165) is 16.8 Å². The number of nitrogens with one attached hydrogen (secondary N) is 2. The first-order valence-electron chi connectivity index (χ1n) is 5.19. The predicted octanol–water partition coefficient (Wildman–Crippen LogP) is 3.48. The Balaban J connectivity index is 2.22. The molecule has 4 heteroatoms. The molecule has 2 rings (SSSR count). The number of aryl methyl sites for hydroxylation is 1. The molecule has 0 unspecified atom stereocenters. The second-order valence-electron chi connectivity index (χ2n) is 3.70. The molecule has 86 valence electrons. The van der Waals surface area contributed by atoms with Gasteiger partial charge in [0.1, 0.15) is 5.84 Å². The fraction of sp³-hybridized carbons (Fsp3) is 0.0769. The van der Waals surface area contributed by atoms with E-state index in [2.05, 4.69) is 10.3 Å². The molecule has 0 aliphatic heterocycles. The molecule has 1 aromatic heterocycles. The van der Waals surface area contributed by atoms with Crippen LogP contribution in [0.2, 0.25) is 5.02 Å². The lowest BCUT2D eigenvalue weighted by Crippen LogP contribution is -2.12. The Hall–Kier alpha value is -1.87. The van der Waals surface area contributed by atoms with Crippen molar-refractivity contribution in [2.45, 2.75) is 6.92 Å². The molecule has 0 spiro atoms. The molecule has 1 aromatic carbocycles. The van der Waals surface area contributed by atoms with E-state index in [1.165, 1.54) is 0 Å². The first kappa shape index (κ1) is 11.6. The minimum absolute atomic E-state index is 0.309. The van der Waals surface area contributed by atoms with E-state index in [1.807, 2.05) is 31.2 Å². The molecular formula is C13H12ClN3.